The number of carbonyl (C=O) groups is 2. The van der Waals surface area contributed by atoms with Crippen molar-refractivity contribution in [1.82, 2.24) is 0 Å². The molecule has 29 heavy (non-hydrogen) atoms. The Labute approximate surface area is 169 Å². The van der Waals surface area contributed by atoms with Crippen molar-refractivity contribution < 1.29 is 18.9 Å². The molecule has 5 heteroatoms. The molecule has 0 aliphatic carbocycles. The summed E-state index contributed by atoms with van der Waals surface area (Å²) >= 11 is 0. The summed E-state index contributed by atoms with van der Waals surface area (Å²) in [5.41, 5.74) is 3.41. The molecule has 2 heterocycles. The van der Waals surface area contributed by atoms with E-state index in [-0.39, 0.29) is 11.9 Å². The smallest absolute Gasteiger partial charge is 0.590 e. The van der Waals surface area contributed by atoms with Gasteiger partial charge in [-0.15, -0.1) is 0 Å². The van der Waals surface area contributed by atoms with Gasteiger partial charge in [0.1, 0.15) is 0 Å². The maximum Gasteiger partial charge on any atom is 0.590 e. The standard InChI is InChI=1S/C24H19BO4/c1-16-12-14-19(15-13-16)25-22(20(23(26)28-25)17-8-4-2-5-9-17)21(24(27)29-25)18-10-6-3-7-11-18/h2-15,20-21H,1H3/t20-,21-/m0/s1. The maximum absolute atomic E-state index is 13.1. The van der Waals surface area contributed by atoms with Gasteiger partial charge in [-0.3, -0.25) is 9.59 Å². The van der Waals surface area contributed by atoms with Gasteiger partial charge in [-0.1, -0.05) is 96.0 Å². The zero-order valence-electron chi connectivity index (χ0n) is 15.9. The van der Waals surface area contributed by atoms with Gasteiger partial charge in [0.05, 0.1) is 0 Å². The van der Waals surface area contributed by atoms with Gasteiger partial charge in [-0.2, -0.15) is 0 Å². The van der Waals surface area contributed by atoms with Crippen LogP contribution in [0.1, 0.15) is 28.5 Å². The van der Waals surface area contributed by atoms with Crippen LogP contribution in [0.25, 0.3) is 0 Å². The fourth-order valence-electron chi connectivity index (χ4n) is 4.60. The highest BCUT2D eigenvalue weighted by atomic mass is 16.7. The number of carbonyl (C=O) groups excluding carboxylic acids is 2. The molecule has 0 aromatic heterocycles. The normalized spacial score (nSPS) is 22.2. The first-order valence-corrected chi connectivity index (χ1v) is 9.74. The van der Waals surface area contributed by atoms with Gasteiger partial charge in [0.2, 0.25) is 0 Å². The molecule has 2 atom stereocenters. The lowest BCUT2D eigenvalue weighted by molar-refractivity contribution is -0.139. The number of benzene rings is 3. The molecule has 0 N–H and O–H groups in total. The molecule has 0 saturated carbocycles. The maximum atomic E-state index is 13.1. The van der Waals surface area contributed by atoms with Crippen molar-refractivity contribution in [3.8, 4) is 0 Å². The zero-order chi connectivity index (χ0) is 20.0. The largest absolute Gasteiger partial charge is 0.609 e. The Bertz CT molecular complexity index is 1000. The van der Waals surface area contributed by atoms with Crippen molar-refractivity contribution in [3.63, 3.8) is 0 Å². The first-order chi connectivity index (χ1) is 14.1. The molecular weight excluding hydrogens is 363 g/mol. The third-order valence-electron chi connectivity index (χ3n) is 5.92. The molecule has 0 radical (unpaired) electrons. The van der Waals surface area contributed by atoms with Crippen LogP contribution in [-0.4, -0.2) is 18.5 Å². The van der Waals surface area contributed by atoms with E-state index < -0.39 is 18.4 Å². The van der Waals surface area contributed by atoms with E-state index >= 15 is 0 Å². The van der Waals surface area contributed by atoms with E-state index in [2.05, 4.69) is 0 Å². The van der Waals surface area contributed by atoms with E-state index in [1.807, 2.05) is 91.9 Å². The number of fused-ring (bicyclic) bond motifs is 1. The van der Waals surface area contributed by atoms with Crippen LogP contribution in [0.4, 0.5) is 0 Å². The average molecular weight is 382 g/mol. The minimum atomic E-state index is -2.35. The highest BCUT2D eigenvalue weighted by Gasteiger charge is 2.74. The predicted molar refractivity (Wildman–Crippen MR) is 110 cm³/mol. The molecule has 2 aliphatic rings. The fourth-order valence-corrected chi connectivity index (χ4v) is 4.60. The van der Waals surface area contributed by atoms with Gasteiger partial charge >= 0.3 is 18.5 Å². The summed E-state index contributed by atoms with van der Waals surface area (Å²) in [6.45, 7) is -0.366. The Hall–Kier alpha value is -3.47. The molecular formula is C24H19BO4. The fraction of sp³-hybridized carbons (Fsp3) is 0.125. The van der Waals surface area contributed by atoms with Crippen LogP contribution in [0.5, 0.6) is 0 Å². The van der Waals surface area contributed by atoms with Crippen LogP contribution in [0.2, 0.25) is 0 Å². The lowest BCUT2D eigenvalue weighted by atomic mass is 9.40. The minimum absolute atomic E-state index is 0.375. The molecule has 5 rings (SSSR count). The summed E-state index contributed by atoms with van der Waals surface area (Å²) < 4.78 is 11.9. The van der Waals surface area contributed by atoms with E-state index in [0.717, 1.165) is 16.7 Å². The number of aryl methyl sites for hydroxylation is 1. The molecule has 0 amide bonds. The lowest BCUT2D eigenvalue weighted by Gasteiger charge is -2.25. The van der Waals surface area contributed by atoms with Crippen LogP contribution >= 0.6 is 0 Å². The number of hydrogen-bond acceptors (Lipinski definition) is 4. The zero-order valence-corrected chi connectivity index (χ0v) is 15.9. The highest BCUT2D eigenvalue weighted by Crippen LogP contribution is 2.54. The third kappa shape index (κ3) is 2.65. The second kappa shape index (κ2) is 6.55. The Morgan fingerprint density at radius 1 is 0.690 bits per heavy atom. The summed E-state index contributed by atoms with van der Waals surface area (Å²) in [4.78, 5) is 26.2. The average Bonchev–Trinajstić information content (AvgIpc) is 3.18. The second-order valence-corrected chi connectivity index (χ2v) is 7.68. The van der Waals surface area contributed by atoms with Gasteiger partial charge < -0.3 is 9.31 Å². The summed E-state index contributed by atoms with van der Waals surface area (Å²) in [6, 6.07) is 26.6. The van der Waals surface area contributed by atoms with Crippen molar-refractivity contribution in [1.29, 1.82) is 0 Å². The summed E-state index contributed by atoms with van der Waals surface area (Å²) in [7, 11) is 0. The van der Waals surface area contributed by atoms with Crippen molar-refractivity contribution in [3.05, 3.63) is 107 Å². The predicted octanol–water partition coefficient (Wildman–Crippen LogP) is 3.44. The summed E-state index contributed by atoms with van der Waals surface area (Å²) in [5.74, 6) is -1.34. The molecule has 2 fully saturated rings. The van der Waals surface area contributed by atoms with E-state index in [9.17, 15) is 9.59 Å². The second-order valence-electron chi connectivity index (χ2n) is 7.68. The highest BCUT2D eigenvalue weighted by molar-refractivity contribution is 6.91. The van der Waals surface area contributed by atoms with Crippen molar-refractivity contribution >= 4 is 24.0 Å². The van der Waals surface area contributed by atoms with Gasteiger partial charge in [0.15, 0.2) is 11.8 Å². The molecule has 0 spiro atoms. The molecule has 142 valence electrons. The molecule has 2 aliphatic heterocycles. The Kier molecular flexibility index (Phi) is 3.98. The van der Waals surface area contributed by atoms with E-state index in [0.29, 0.717) is 11.3 Å². The quantitative estimate of drug-likeness (QED) is 0.515. The van der Waals surface area contributed by atoms with Crippen LogP contribution in [0, 0.1) is 12.7 Å². The van der Waals surface area contributed by atoms with Crippen LogP contribution in [0.3, 0.4) is 0 Å². The van der Waals surface area contributed by atoms with E-state index in [1.165, 1.54) is 0 Å². The monoisotopic (exact) mass is 382 g/mol. The number of hydrogen-bond donors (Lipinski definition) is 0. The lowest BCUT2D eigenvalue weighted by Crippen LogP contribution is -2.53. The SMILES string of the molecule is Cc1ccc([B-]23OC(=O)[C@@H](c4ccccc4)[C+]2[C@H](c2ccccc2)C(=O)O3)cc1. The first-order valence-electron chi connectivity index (χ1n) is 9.74. The van der Waals surface area contributed by atoms with Crippen LogP contribution in [0.15, 0.2) is 84.9 Å². The molecule has 0 unspecified atom stereocenters. The topological polar surface area (TPSA) is 52.6 Å². The van der Waals surface area contributed by atoms with Gasteiger partial charge in [0.25, 0.3) is 0 Å². The van der Waals surface area contributed by atoms with Crippen LogP contribution in [-0.2, 0) is 18.9 Å². The van der Waals surface area contributed by atoms with Crippen molar-refractivity contribution in [2.45, 2.75) is 18.8 Å². The Morgan fingerprint density at radius 2 is 1.14 bits per heavy atom. The van der Waals surface area contributed by atoms with Gasteiger partial charge in [-0.25, -0.2) is 0 Å². The summed E-state index contributed by atoms with van der Waals surface area (Å²) in [6.07, 6.45) is 0. The van der Waals surface area contributed by atoms with E-state index in [1.54, 1.807) is 0 Å². The molecule has 3 aromatic rings. The summed E-state index contributed by atoms with van der Waals surface area (Å²) in [5, 5.41) is 0. The van der Waals surface area contributed by atoms with Crippen molar-refractivity contribution in [2.75, 3.05) is 0 Å². The number of rotatable bonds is 3. The molecule has 3 aromatic carbocycles. The first kappa shape index (κ1) is 17.6. The Morgan fingerprint density at radius 3 is 1.59 bits per heavy atom. The molecule has 2 saturated heterocycles. The Balaban J connectivity index is 1.71. The minimum Gasteiger partial charge on any atom is -0.609 e. The van der Waals surface area contributed by atoms with Gasteiger partial charge in [-0.05, 0) is 6.92 Å². The molecule has 0 bridgehead atoms. The molecule has 4 nitrogen and oxygen atoms in total. The van der Waals surface area contributed by atoms with Gasteiger partial charge in [0, 0.05) is 16.9 Å². The van der Waals surface area contributed by atoms with Crippen molar-refractivity contribution in [2.24, 2.45) is 0 Å². The van der Waals surface area contributed by atoms with E-state index in [4.69, 9.17) is 9.31 Å². The van der Waals surface area contributed by atoms with Crippen LogP contribution < -0.4 is 5.46 Å². The third-order valence-corrected chi connectivity index (χ3v) is 5.92.